The summed E-state index contributed by atoms with van der Waals surface area (Å²) in [6.07, 6.45) is 4.61. The highest BCUT2D eigenvalue weighted by Crippen LogP contribution is 2.33. The highest BCUT2D eigenvalue weighted by Gasteiger charge is 2.22. The summed E-state index contributed by atoms with van der Waals surface area (Å²) < 4.78 is 49.9. The quantitative estimate of drug-likeness (QED) is 0.329. The second-order valence-corrected chi connectivity index (χ2v) is 7.92. The Balaban J connectivity index is 2.04. The summed E-state index contributed by atoms with van der Waals surface area (Å²) >= 11 is 0. The van der Waals surface area contributed by atoms with Crippen LogP contribution in [0, 0.1) is 24.4 Å². The Hall–Kier alpha value is -2.96. The molecule has 0 aliphatic heterocycles. The number of rotatable bonds is 10. The van der Waals surface area contributed by atoms with Crippen LogP contribution in [0.3, 0.4) is 0 Å². The standard InChI is InChI=1S/C25H29F3N2O2/c1-4-6-8-12-30-24-21-19(31)14-20(32-25(21)23(28)15(3)22(24)27)16-9-10-18(17(26)13-16)29-11-7-5-2/h9-10,13-14,29-30H,4-8,11-12H2,1-3H3. The Kier molecular flexibility index (Phi) is 7.83. The summed E-state index contributed by atoms with van der Waals surface area (Å²) in [5, 5.41) is 5.77. The molecule has 1 aromatic heterocycles. The fourth-order valence-electron chi connectivity index (χ4n) is 3.56. The third-order valence-electron chi connectivity index (χ3n) is 5.46. The van der Waals surface area contributed by atoms with E-state index in [1.54, 1.807) is 12.1 Å². The molecular weight excluding hydrogens is 417 g/mol. The zero-order valence-corrected chi connectivity index (χ0v) is 18.7. The van der Waals surface area contributed by atoms with Gasteiger partial charge in [-0.15, -0.1) is 0 Å². The van der Waals surface area contributed by atoms with E-state index in [1.165, 1.54) is 13.0 Å². The molecule has 0 atom stereocenters. The molecule has 0 saturated heterocycles. The van der Waals surface area contributed by atoms with Crippen molar-refractivity contribution >= 4 is 22.3 Å². The number of anilines is 2. The van der Waals surface area contributed by atoms with Gasteiger partial charge in [0.15, 0.2) is 22.6 Å². The van der Waals surface area contributed by atoms with Gasteiger partial charge in [0, 0.05) is 30.3 Å². The lowest BCUT2D eigenvalue weighted by molar-refractivity contribution is 0.536. The molecule has 0 radical (unpaired) electrons. The first-order valence-electron chi connectivity index (χ1n) is 11.1. The summed E-state index contributed by atoms with van der Waals surface area (Å²) in [4.78, 5) is 12.9. The summed E-state index contributed by atoms with van der Waals surface area (Å²) in [6.45, 7) is 6.47. The molecule has 3 rings (SSSR count). The summed E-state index contributed by atoms with van der Waals surface area (Å²) in [5.41, 5.74) is -0.596. The first-order valence-corrected chi connectivity index (χ1v) is 11.1. The number of hydrogen-bond acceptors (Lipinski definition) is 4. The van der Waals surface area contributed by atoms with E-state index < -0.39 is 22.9 Å². The molecule has 0 unspecified atom stereocenters. The van der Waals surface area contributed by atoms with Crippen molar-refractivity contribution < 1.29 is 17.6 Å². The average molecular weight is 447 g/mol. The number of hydrogen-bond donors (Lipinski definition) is 2. The molecule has 0 fully saturated rings. The van der Waals surface area contributed by atoms with Crippen LogP contribution in [0.15, 0.2) is 33.5 Å². The molecule has 0 saturated carbocycles. The van der Waals surface area contributed by atoms with Gasteiger partial charge in [-0.3, -0.25) is 4.79 Å². The zero-order valence-electron chi connectivity index (χ0n) is 18.7. The molecule has 7 heteroatoms. The van der Waals surface area contributed by atoms with E-state index >= 15 is 0 Å². The van der Waals surface area contributed by atoms with Crippen LogP contribution >= 0.6 is 0 Å². The number of halogens is 3. The number of benzene rings is 2. The first kappa shape index (κ1) is 23.7. The third kappa shape index (κ3) is 4.92. The van der Waals surface area contributed by atoms with Crippen molar-refractivity contribution in [3.05, 3.63) is 57.5 Å². The van der Waals surface area contributed by atoms with Crippen LogP contribution in [0.5, 0.6) is 0 Å². The molecular formula is C25H29F3N2O2. The van der Waals surface area contributed by atoms with E-state index in [1.807, 2.05) is 13.8 Å². The summed E-state index contributed by atoms with van der Waals surface area (Å²) in [5.74, 6) is -2.23. The predicted molar refractivity (Wildman–Crippen MR) is 124 cm³/mol. The van der Waals surface area contributed by atoms with Gasteiger partial charge in [-0.25, -0.2) is 13.2 Å². The normalized spacial score (nSPS) is 11.2. The van der Waals surface area contributed by atoms with Gasteiger partial charge in [-0.1, -0.05) is 33.1 Å². The van der Waals surface area contributed by atoms with Crippen molar-refractivity contribution in [2.45, 2.75) is 52.9 Å². The summed E-state index contributed by atoms with van der Waals surface area (Å²) in [6, 6.07) is 5.53. The van der Waals surface area contributed by atoms with Gasteiger partial charge in [0.05, 0.1) is 16.8 Å². The maximum atomic E-state index is 14.9. The topological polar surface area (TPSA) is 54.3 Å². The van der Waals surface area contributed by atoms with Crippen molar-refractivity contribution in [2.75, 3.05) is 23.7 Å². The summed E-state index contributed by atoms with van der Waals surface area (Å²) in [7, 11) is 0. The van der Waals surface area contributed by atoms with Crippen molar-refractivity contribution in [3.8, 4) is 11.3 Å². The van der Waals surface area contributed by atoms with Crippen LogP contribution in [0.25, 0.3) is 22.3 Å². The van der Waals surface area contributed by atoms with Crippen molar-refractivity contribution in [2.24, 2.45) is 0 Å². The molecule has 0 spiro atoms. The van der Waals surface area contributed by atoms with E-state index in [9.17, 15) is 18.0 Å². The van der Waals surface area contributed by atoms with Crippen molar-refractivity contribution in [1.29, 1.82) is 0 Å². The lowest BCUT2D eigenvalue weighted by atomic mass is 10.1. The Morgan fingerprint density at radius 2 is 1.62 bits per heavy atom. The molecule has 2 N–H and O–H groups in total. The second-order valence-electron chi connectivity index (χ2n) is 7.92. The minimum absolute atomic E-state index is 0.0170. The Labute approximate surface area is 185 Å². The molecule has 0 aliphatic rings. The first-order chi connectivity index (χ1) is 15.4. The fourth-order valence-corrected chi connectivity index (χ4v) is 3.56. The monoisotopic (exact) mass is 446 g/mol. The lowest BCUT2D eigenvalue weighted by Gasteiger charge is -2.14. The molecule has 0 amide bonds. The van der Waals surface area contributed by atoms with Gasteiger partial charge in [-0.2, -0.15) is 0 Å². The highest BCUT2D eigenvalue weighted by atomic mass is 19.1. The minimum Gasteiger partial charge on any atom is -0.453 e. The molecule has 2 aromatic carbocycles. The lowest BCUT2D eigenvalue weighted by Crippen LogP contribution is -2.12. The van der Waals surface area contributed by atoms with Crippen LogP contribution in [0.1, 0.15) is 51.5 Å². The number of fused-ring (bicyclic) bond motifs is 1. The highest BCUT2D eigenvalue weighted by molar-refractivity contribution is 5.92. The molecule has 4 nitrogen and oxygen atoms in total. The Morgan fingerprint density at radius 3 is 2.31 bits per heavy atom. The fraction of sp³-hybridized carbons (Fsp3) is 0.400. The smallest absolute Gasteiger partial charge is 0.195 e. The van der Waals surface area contributed by atoms with Gasteiger partial charge in [-0.05, 0) is 38.0 Å². The van der Waals surface area contributed by atoms with E-state index in [0.717, 1.165) is 38.2 Å². The van der Waals surface area contributed by atoms with Crippen molar-refractivity contribution in [1.82, 2.24) is 0 Å². The Morgan fingerprint density at radius 1 is 0.906 bits per heavy atom. The van der Waals surface area contributed by atoms with Crippen LogP contribution in [-0.4, -0.2) is 13.1 Å². The van der Waals surface area contributed by atoms with E-state index in [-0.39, 0.29) is 28.0 Å². The molecule has 3 aromatic rings. The minimum atomic E-state index is -0.936. The van der Waals surface area contributed by atoms with E-state index in [0.29, 0.717) is 24.3 Å². The molecule has 0 aliphatic carbocycles. The third-order valence-corrected chi connectivity index (χ3v) is 5.46. The number of unbranched alkanes of at least 4 members (excludes halogenated alkanes) is 3. The van der Waals surface area contributed by atoms with Crippen LogP contribution in [-0.2, 0) is 0 Å². The molecule has 0 bridgehead atoms. The van der Waals surface area contributed by atoms with Crippen LogP contribution in [0.4, 0.5) is 24.5 Å². The number of nitrogens with one attached hydrogen (secondary N) is 2. The van der Waals surface area contributed by atoms with Gasteiger partial charge in [0.2, 0.25) is 0 Å². The van der Waals surface area contributed by atoms with Gasteiger partial charge < -0.3 is 15.1 Å². The zero-order chi connectivity index (χ0) is 23.3. The van der Waals surface area contributed by atoms with Crippen LogP contribution < -0.4 is 16.1 Å². The Bertz CT molecular complexity index is 1160. The van der Waals surface area contributed by atoms with Gasteiger partial charge >= 0.3 is 0 Å². The van der Waals surface area contributed by atoms with E-state index in [2.05, 4.69) is 10.6 Å². The molecule has 172 valence electrons. The molecule has 1 heterocycles. The average Bonchev–Trinajstić information content (AvgIpc) is 2.78. The molecule has 32 heavy (non-hydrogen) atoms. The SMILES string of the molecule is CCCCCNc1c(F)c(C)c(F)c2oc(-c3ccc(NCCCC)c(F)c3)cc(=O)c12. The van der Waals surface area contributed by atoms with Gasteiger partial charge in [0.25, 0.3) is 0 Å². The maximum absolute atomic E-state index is 14.9. The second kappa shape index (κ2) is 10.6. The van der Waals surface area contributed by atoms with Gasteiger partial charge in [0.1, 0.15) is 11.6 Å². The van der Waals surface area contributed by atoms with Crippen LogP contribution in [0.2, 0.25) is 0 Å². The largest absolute Gasteiger partial charge is 0.453 e. The maximum Gasteiger partial charge on any atom is 0.195 e. The van der Waals surface area contributed by atoms with Crippen molar-refractivity contribution in [3.63, 3.8) is 0 Å². The predicted octanol–water partition coefficient (Wildman–Crippen LogP) is 7.00. The van der Waals surface area contributed by atoms with E-state index in [4.69, 9.17) is 4.42 Å².